The number of nitrogens with one attached hydrogen (secondary N) is 1. The Bertz CT molecular complexity index is 886. The van der Waals surface area contributed by atoms with Gasteiger partial charge in [-0.2, -0.15) is 10.5 Å². The second-order valence-corrected chi connectivity index (χ2v) is 5.75. The van der Waals surface area contributed by atoms with Crippen LogP contribution in [0, 0.1) is 22.7 Å². The van der Waals surface area contributed by atoms with Crippen LogP contribution in [0.25, 0.3) is 0 Å². The largest absolute Gasteiger partial charge is 0.479 e. The number of halogens is 3. The zero-order valence-electron chi connectivity index (χ0n) is 11.8. The van der Waals surface area contributed by atoms with Gasteiger partial charge in [0.1, 0.15) is 12.1 Å². The van der Waals surface area contributed by atoms with Crippen LogP contribution in [0.2, 0.25) is 15.1 Å². The molecule has 120 valence electrons. The minimum absolute atomic E-state index is 0.0376. The van der Waals surface area contributed by atoms with Crippen molar-refractivity contribution in [1.29, 1.82) is 10.5 Å². The molecule has 0 aliphatic carbocycles. The summed E-state index contributed by atoms with van der Waals surface area (Å²) in [7, 11) is 0. The van der Waals surface area contributed by atoms with Crippen molar-refractivity contribution in [2.24, 2.45) is 0 Å². The second-order valence-electron chi connectivity index (χ2n) is 4.62. The summed E-state index contributed by atoms with van der Waals surface area (Å²) < 4.78 is 0. The summed E-state index contributed by atoms with van der Waals surface area (Å²) in [4.78, 5) is 11.6. The first-order chi connectivity index (χ1) is 11.4. The van der Waals surface area contributed by atoms with Crippen molar-refractivity contribution in [3.63, 3.8) is 0 Å². The van der Waals surface area contributed by atoms with E-state index in [1.54, 1.807) is 36.4 Å². The monoisotopic (exact) mass is 379 g/mol. The average molecular weight is 381 g/mol. The summed E-state index contributed by atoms with van der Waals surface area (Å²) in [5, 5.41) is 30.1. The molecule has 8 heteroatoms. The molecule has 2 N–H and O–H groups in total. The highest BCUT2D eigenvalue weighted by molar-refractivity contribution is 6.46. The van der Waals surface area contributed by atoms with Crippen LogP contribution in [-0.4, -0.2) is 11.1 Å². The van der Waals surface area contributed by atoms with Crippen LogP contribution in [0.3, 0.4) is 0 Å². The van der Waals surface area contributed by atoms with Crippen molar-refractivity contribution in [2.75, 3.05) is 5.32 Å². The van der Waals surface area contributed by atoms with Gasteiger partial charge in [0, 0.05) is 0 Å². The highest BCUT2D eigenvalue weighted by Gasteiger charge is 2.26. The van der Waals surface area contributed by atoms with Gasteiger partial charge in [0.15, 0.2) is 6.04 Å². The number of nitrogens with zero attached hydrogens (tertiary/aromatic N) is 2. The van der Waals surface area contributed by atoms with E-state index >= 15 is 0 Å². The van der Waals surface area contributed by atoms with E-state index in [1.807, 2.05) is 6.07 Å². The van der Waals surface area contributed by atoms with E-state index in [2.05, 4.69) is 5.32 Å². The number of aliphatic carboxylic acids is 1. The molecule has 0 amide bonds. The molecule has 5 nitrogen and oxygen atoms in total. The standard InChI is InChI=1S/C16H8Cl3N3O2/c17-11-9(6-20)12(18)13(19)15(10(11)7-21)22-14(16(23)24)8-4-2-1-3-5-8/h1-5,14,22H,(H,23,24)/t14-/m0/s1. The number of carbonyl (C=O) groups is 1. The van der Waals surface area contributed by atoms with Gasteiger partial charge in [0.25, 0.3) is 0 Å². The molecule has 0 spiro atoms. The molecule has 2 aromatic carbocycles. The van der Waals surface area contributed by atoms with E-state index in [1.165, 1.54) is 0 Å². The molecule has 24 heavy (non-hydrogen) atoms. The molecule has 0 heterocycles. The lowest BCUT2D eigenvalue weighted by molar-refractivity contribution is -0.138. The first kappa shape index (κ1) is 17.9. The molecule has 1 atom stereocenters. The zero-order chi connectivity index (χ0) is 17.9. The minimum atomic E-state index is -1.18. The molecular weight excluding hydrogens is 373 g/mol. The predicted molar refractivity (Wildman–Crippen MR) is 91.3 cm³/mol. The fourth-order valence-corrected chi connectivity index (χ4v) is 2.87. The Kier molecular flexibility index (Phi) is 5.54. The van der Waals surface area contributed by atoms with Crippen LogP contribution in [0.4, 0.5) is 5.69 Å². The minimum Gasteiger partial charge on any atom is -0.479 e. The normalized spacial score (nSPS) is 11.2. The van der Waals surface area contributed by atoms with E-state index < -0.39 is 12.0 Å². The lowest BCUT2D eigenvalue weighted by Crippen LogP contribution is -2.21. The molecule has 0 aliphatic rings. The molecule has 2 rings (SSSR count). The van der Waals surface area contributed by atoms with Crippen molar-refractivity contribution in [2.45, 2.75) is 6.04 Å². The van der Waals surface area contributed by atoms with Crippen molar-refractivity contribution >= 4 is 46.5 Å². The SMILES string of the molecule is N#Cc1c(Cl)c(Cl)c(N[C@H](C(=O)O)c2ccccc2)c(C#N)c1Cl. The van der Waals surface area contributed by atoms with Crippen LogP contribution in [0.5, 0.6) is 0 Å². The Labute approximate surface area is 152 Å². The summed E-state index contributed by atoms with van der Waals surface area (Å²) in [6.07, 6.45) is 0. The molecule has 0 fully saturated rings. The smallest absolute Gasteiger partial charge is 0.330 e. The Morgan fingerprint density at radius 1 is 1.00 bits per heavy atom. The number of hydrogen-bond donors (Lipinski definition) is 2. The third-order valence-electron chi connectivity index (χ3n) is 3.21. The summed E-state index contributed by atoms with van der Waals surface area (Å²) in [6.45, 7) is 0. The van der Waals surface area contributed by atoms with Gasteiger partial charge in [-0.1, -0.05) is 65.1 Å². The first-order valence-corrected chi connectivity index (χ1v) is 7.60. The van der Waals surface area contributed by atoms with Crippen molar-refractivity contribution in [1.82, 2.24) is 0 Å². The number of carboxylic acid groups (broad SMARTS) is 1. The van der Waals surface area contributed by atoms with E-state index in [0.29, 0.717) is 5.56 Å². The molecular formula is C16H8Cl3N3O2. The maximum absolute atomic E-state index is 11.6. The van der Waals surface area contributed by atoms with Gasteiger partial charge in [0.05, 0.1) is 31.9 Å². The Morgan fingerprint density at radius 3 is 2.08 bits per heavy atom. The van der Waals surface area contributed by atoms with Gasteiger partial charge in [-0.25, -0.2) is 4.79 Å². The van der Waals surface area contributed by atoms with Crippen LogP contribution in [-0.2, 0) is 4.79 Å². The van der Waals surface area contributed by atoms with Crippen molar-refractivity contribution in [3.8, 4) is 12.1 Å². The lowest BCUT2D eigenvalue weighted by Gasteiger charge is -2.19. The third-order valence-corrected chi connectivity index (χ3v) is 4.44. The number of nitriles is 2. The Hall–Kier alpha value is -2.44. The van der Waals surface area contributed by atoms with Gasteiger partial charge >= 0.3 is 5.97 Å². The van der Waals surface area contributed by atoms with Gasteiger partial charge in [-0.05, 0) is 5.56 Å². The first-order valence-electron chi connectivity index (χ1n) is 6.47. The Balaban J connectivity index is 2.63. The molecule has 0 saturated carbocycles. The highest BCUT2D eigenvalue weighted by Crippen LogP contribution is 2.42. The molecule has 0 saturated heterocycles. The summed E-state index contributed by atoms with van der Waals surface area (Å²) in [6, 6.07) is 10.7. The van der Waals surface area contributed by atoms with Crippen LogP contribution in [0.1, 0.15) is 22.7 Å². The van der Waals surface area contributed by atoms with Crippen LogP contribution < -0.4 is 5.32 Å². The van der Waals surface area contributed by atoms with Crippen molar-refractivity contribution < 1.29 is 9.90 Å². The van der Waals surface area contributed by atoms with E-state index in [0.717, 1.165) is 0 Å². The second kappa shape index (κ2) is 7.42. The maximum Gasteiger partial charge on any atom is 0.330 e. The van der Waals surface area contributed by atoms with E-state index in [-0.39, 0.29) is 31.9 Å². The average Bonchev–Trinajstić information content (AvgIpc) is 2.57. The van der Waals surface area contributed by atoms with Crippen LogP contribution >= 0.6 is 34.8 Å². The Morgan fingerprint density at radius 2 is 1.58 bits per heavy atom. The van der Waals surface area contributed by atoms with Gasteiger partial charge in [0.2, 0.25) is 0 Å². The fraction of sp³-hybridized carbons (Fsp3) is 0.0625. The summed E-state index contributed by atoms with van der Waals surface area (Å²) in [5.41, 5.74) is 0.118. The quantitative estimate of drug-likeness (QED) is 0.754. The van der Waals surface area contributed by atoms with Crippen molar-refractivity contribution in [3.05, 3.63) is 62.1 Å². The maximum atomic E-state index is 11.6. The number of carboxylic acids is 1. The van der Waals surface area contributed by atoms with E-state index in [9.17, 15) is 15.2 Å². The third kappa shape index (κ3) is 3.25. The molecule has 0 aliphatic heterocycles. The summed E-state index contributed by atoms with van der Waals surface area (Å²) in [5.74, 6) is -1.18. The highest BCUT2D eigenvalue weighted by atomic mass is 35.5. The predicted octanol–water partition coefficient (Wildman–Crippen LogP) is 4.63. The zero-order valence-corrected chi connectivity index (χ0v) is 14.1. The number of rotatable bonds is 4. The van der Waals surface area contributed by atoms with E-state index in [4.69, 9.17) is 40.1 Å². The fourth-order valence-electron chi connectivity index (χ4n) is 2.08. The van der Waals surface area contributed by atoms with Crippen LogP contribution in [0.15, 0.2) is 30.3 Å². The molecule has 0 radical (unpaired) electrons. The molecule has 0 aromatic heterocycles. The topological polar surface area (TPSA) is 96.9 Å². The lowest BCUT2D eigenvalue weighted by atomic mass is 10.0. The van der Waals surface area contributed by atoms with Gasteiger partial charge in [-0.15, -0.1) is 0 Å². The number of benzene rings is 2. The molecule has 2 aromatic rings. The molecule has 0 unspecified atom stereocenters. The van der Waals surface area contributed by atoms with Gasteiger partial charge in [-0.3, -0.25) is 0 Å². The van der Waals surface area contributed by atoms with Gasteiger partial charge < -0.3 is 10.4 Å². The molecule has 0 bridgehead atoms. The summed E-state index contributed by atoms with van der Waals surface area (Å²) >= 11 is 18.2. The number of hydrogen-bond acceptors (Lipinski definition) is 4. The number of anilines is 1.